The molecule has 2 amide bonds. The number of rotatable bonds is 5. The first kappa shape index (κ1) is 18.0. The van der Waals surface area contributed by atoms with Crippen molar-refractivity contribution in [1.29, 1.82) is 0 Å². The number of carbonyl (C=O) groups excluding carboxylic acids is 2. The van der Waals surface area contributed by atoms with Crippen LogP contribution in [0.5, 0.6) is 0 Å². The van der Waals surface area contributed by atoms with Crippen molar-refractivity contribution in [3.63, 3.8) is 0 Å². The molecule has 6 nitrogen and oxygen atoms in total. The molecule has 0 spiro atoms. The van der Waals surface area contributed by atoms with Gasteiger partial charge in [-0.25, -0.2) is 9.59 Å². The number of amides is 2. The molecule has 6 heteroatoms. The second kappa shape index (κ2) is 8.53. The smallest absolute Gasteiger partial charge is 0.337 e. The number of methoxy groups -OCH3 is 1. The number of carbonyl (C=O) groups is 2. The van der Waals surface area contributed by atoms with E-state index in [0.717, 1.165) is 17.1 Å². The monoisotopic (exact) mass is 361 g/mol. The van der Waals surface area contributed by atoms with Crippen molar-refractivity contribution in [3.05, 3.63) is 84.4 Å². The predicted octanol–water partition coefficient (Wildman–Crippen LogP) is 4.86. The molecule has 0 saturated carbocycles. The number of esters is 1. The number of hydrogen-bond donors (Lipinski definition) is 3. The molecule has 0 fully saturated rings. The first-order valence-electron chi connectivity index (χ1n) is 8.32. The molecule has 136 valence electrons. The van der Waals surface area contributed by atoms with Crippen molar-refractivity contribution in [3.8, 4) is 0 Å². The minimum atomic E-state index is -0.386. The maximum atomic E-state index is 12.0. The van der Waals surface area contributed by atoms with Crippen molar-refractivity contribution in [2.24, 2.45) is 0 Å². The van der Waals surface area contributed by atoms with Gasteiger partial charge in [-0.2, -0.15) is 0 Å². The predicted molar refractivity (Wildman–Crippen MR) is 107 cm³/mol. The van der Waals surface area contributed by atoms with Crippen LogP contribution >= 0.6 is 0 Å². The molecule has 27 heavy (non-hydrogen) atoms. The number of nitrogens with one attached hydrogen (secondary N) is 3. The fourth-order valence-corrected chi connectivity index (χ4v) is 2.46. The standard InChI is InChI=1S/C21H19N3O3/c1-27-20(25)15-6-5-9-19(14-15)22-17-10-12-18(13-11-17)24-21(26)23-16-7-3-2-4-8-16/h2-14,22H,1H3,(H2,23,24,26). The quantitative estimate of drug-likeness (QED) is 0.567. The van der Waals surface area contributed by atoms with Crippen molar-refractivity contribution >= 4 is 34.7 Å². The Morgan fingerprint density at radius 1 is 0.704 bits per heavy atom. The van der Waals surface area contributed by atoms with E-state index >= 15 is 0 Å². The van der Waals surface area contributed by atoms with E-state index in [1.807, 2.05) is 48.5 Å². The Hall–Kier alpha value is -3.80. The van der Waals surface area contributed by atoms with E-state index in [4.69, 9.17) is 4.74 Å². The van der Waals surface area contributed by atoms with Gasteiger partial charge in [0.15, 0.2) is 0 Å². The summed E-state index contributed by atoms with van der Waals surface area (Å²) in [5.41, 5.74) is 3.45. The Bertz CT molecular complexity index is 925. The van der Waals surface area contributed by atoms with Crippen LogP contribution in [0.1, 0.15) is 10.4 Å². The summed E-state index contributed by atoms with van der Waals surface area (Å²) in [5, 5.41) is 8.74. The maximum Gasteiger partial charge on any atom is 0.337 e. The van der Waals surface area contributed by atoms with E-state index in [2.05, 4.69) is 16.0 Å². The van der Waals surface area contributed by atoms with Crippen LogP contribution in [0.15, 0.2) is 78.9 Å². The van der Waals surface area contributed by atoms with Crippen LogP contribution < -0.4 is 16.0 Å². The van der Waals surface area contributed by atoms with E-state index in [-0.39, 0.29) is 12.0 Å². The van der Waals surface area contributed by atoms with Gasteiger partial charge in [-0.3, -0.25) is 0 Å². The zero-order valence-corrected chi connectivity index (χ0v) is 14.7. The Balaban J connectivity index is 1.60. The molecular formula is C21H19N3O3. The number of hydrogen-bond acceptors (Lipinski definition) is 4. The lowest BCUT2D eigenvalue weighted by Gasteiger charge is -2.10. The van der Waals surface area contributed by atoms with Crippen molar-refractivity contribution in [2.45, 2.75) is 0 Å². The summed E-state index contributed by atoms with van der Waals surface area (Å²) in [7, 11) is 1.35. The average molecular weight is 361 g/mol. The topological polar surface area (TPSA) is 79.5 Å². The molecule has 0 aliphatic rings. The third kappa shape index (κ3) is 5.09. The van der Waals surface area contributed by atoms with Gasteiger partial charge in [0.25, 0.3) is 0 Å². The van der Waals surface area contributed by atoms with Gasteiger partial charge in [0.05, 0.1) is 12.7 Å². The summed E-state index contributed by atoms with van der Waals surface area (Å²) >= 11 is 0. The summed E-state index contributed by atoms with van der Waals surface area (Å²) < 4.78 is 4.72. The van der Waals surface area contributed by atoms with Crippen LogP contribution in [-0.4, -0.2) is 19.1 Å². The van der Waals surface area contributed by atoms with Gasteiger partial charge in [0, 0.05) is 22.7 Å². The zero-order chi connectivity index (χ0) is 19.1. The Labute approximate surface area is 157 Å². The fraction of sp³-hybridized carbons (Fsp3) is 0.0476. The number of ether oxygens (including phenoxy) is 1. The highest BCUT2D eigenvalue weighted by atomic mass is 16.5. The molecule has 0 radical (unpaired) electrons. The molecule has 0 aliphatic carbocycles. The van der Waals surface area contributed by atoms with Gasteiger partial charge in [-0.15, -0.1) is 0 Å². The lowest BCUT2D eigenvalue weighted by atomic mass is 10.2. The molecule has 0 saturated heterocycles. The molecular weight excluding hydrogens is 342 g/mol. The molecule has 0 heterocycles. The lowest BCUT2D eigenvalue weighted by molar-refractivity contribution is 0.0601. The molecule has 0 bridgehead atoms. The summed E-state index contributed by atoms with van der Waals surface area (Å²) in [6.45, 7) is 0. The van der Waals surface area contributed by atoms with Crippen molar-refractivity contribution < 1.29 is 14.3 Å². The Kier molecular flexibility index (Phi) is 5.69. The minimum Gasteiger partial charge on any atom is -0.465 e. The zero-order valence-electron chi connectivity index (χ0n) is 14.7. The molecule has 3 N–H and O–H groups in total. The van der Waals surface area contributed by atoms with Crippen molar-refractivity contribution in [2.75, 3.05) is 23.1 Å². The first-order chi connectivity index (χ1) is 13.1. The van der Waals surface area contributed by atoms with Crippen molar-refractivity contribution in [1.82, 2.24) is 0 Å². The van der Waals surface area contributed by atoms with Crippen LogP contribution in [0.4, 0.5) is 27.5 Å². The number of urea groups is 1. The lowest BCUT2D eigenvalue weighted by Crippen LogP contribution is -2.19. The van der Waals surface area contributed by atoms with E-state index < -0.39 is 0 Å². The highest BCUT2D eigenvalue weighted by Crippen LogP contribution is 2.20. The molecule has 3 rings (SSSR count). The second-order valence-corrected chi connectivity index (χ2v) is 5.72. The molecule has 0 atom stereocenters. The highest BCUT2D eigenvalue weighted by molar-refractivity contribution is 5.99. The van der Waals surface area contributed by atoms with Crippen LogP contribution in [0.2, 0.25) is 0 Å². The van der Waals surface area contributed by atoms with Gasteiger partial charge in [-0.05, 0) is 54.6 Å². The normalized spacial score (nSPS) is 9.96. The largest absolute Gasteiger partial charge is 0.465 e. The molecule has 3 aromatic carbocycles. The highest BCUT2D eigenvalue weighted by Gasteiger charge is 2.06. The van der Waals surface area contributed by atoms with E-state index in [1.165, 1.54) is 7.11 Å². The molecule has 0 aromatic heterocycles. The Morgan fingerprint density at radius 3 is 1.96 bits per heavy atom. The van der Waals surface area contributed by atoms with Crippen LogP contribution in [0.3, 0.4) is 0 Å². The number of benzene rings is 3. The van der Waals surface area contributed by atoms with E-state index in [0.29, 0.717) is 11.3 Å². The van der Waals surface area contributed by atoms with Gasteiger partial charge in [0.2, 0.25) is 0 Å². The summed E-state index contributed by atoms with van der Waals surface area (Å²) in [4.78, 5) is 23.6. The molecule has 3 aromatic rings. The van der Waals surface area contributed by atoms with Crippen LogP contribution in [-0.2, 0) is 4.74 Å². The summed E-state index contributed by atoms with van der Waals surface area (Å²) in [6.07, 6.45) is 0. The third-order valence-corrected chi connectivity index (χ3v) is 3.75. The van der Waals surface area contributed by atoms with Gasteiger partial charge in [0.1, 0.15) is 0 Å². The summed E-state index contributed by atoms with van der Waals surface area (Å²) in [6, 6.07) is 23.2. The molecule has 0 unspecified atom stereocenters. The SMILES string of the molecule is COC(=O)c1cccc(Nc2ccc(NC(=O)Nc3ccccc3)cc2)c1. The van der Waals surface area contributed by atoms with E-state index in [1.54, 1.807) is 30.3 Å². The van der Waals surface area contributed by atoms with Crippen LogP contribution in [0, 0.1) is 0 Å². The first-order valence-corrected chi connectivity index (χ1v) is 8.32. The number of para-hydroxylation sites is 1. The fourth-order valence-electron chi connectivity index (χ4n) is 2.46. The minimum absolute atomic E-state index is 0.312. The van der Waals surface area contributed by atoms with Crippen LogP contribution in [0.25, 0.3) is 0 Å². The van der Waals surface area contributed by atoms with E-state index in [9.17, 15) is 9.59 Å². The summed E-state index contributed by atoms with van der Waals surface area (Å²) in [5.74, 6) is -0.386. The third-order valence-electron chi connectivity index (χ3n) is 3.75. The maximum absolute atomic E-state index is 12.0. The van der Waals surface area contributed by atoms with Gasteiger partial charge < -0.3 is 20.7 Å². The van der Waals surface area contributed by atoms with Gasteiger partial charge >= 0.3 is 12.0 Å². The average Bonchev–Trinajstić information content (AvgIpc) is 2.70. The Morgan fingerprint density at radius 2 is 1.30 bits per heavy atom. The number of anilines is 4. The molecule has 0 aliphatic heterocycles. The second-order valence-electron chi connectivity index (χ2n) is 5.72. The van der Waals surface area contributed by atoms with Gasteiger partial charge in [-0.1, -0.05) is 24.3 Å².